The highest BCUT2D eigenvalue weighted by Gasteiger charge is 2.17. The first-order chi connectivity index (χ1) is 14.2. The van der Waals surface area contributed by atoms with Gasteiger partial charge in [-0.15, -0.1) is 0 Å². The van der Waals surface area contributed by atoms with Crippen molar-refractivity contribution in [1.29, 1.82) is 0 Å². The van der Waals surface area contributed by atoms with Gasteiger partial charge in [-0.3, -0.25) is 25.2 Å². The van der Waals surface area contributed by atoms with Gasteiger partial charge in [-0.1, -0.05) is 17.7 Å². The summed E-state index contributed by atoms with van der Waals surface area (Å²) < 4.78 is 28.0. The van der Waals surface area contributed by atoms with E-state index in [0.717, 1.165) is 12.3 Å². The Balaban J connectivity index is 1.70. The van der Waals surface area contributed by atoms with Crippen LogP contribution in [0, 0.1) is 5.21 Å². The maximum absolute atomic E-state index is 12.6. The molecule has 2 aromatic carbocycles. The van der Waals surface area contributed by atoms with Crippen LogP contribution in [-0.2, 0) is 10.0 Å². The fraction of sp³-hybridized carbons (Fsp3) is 0. The maximum atomic E-state index is 12.6. The van der Waals surface area contributed by atoms with Crippen molar-refractivity contribution in [2.45, 2.75) is 4.90 Å². The van der Waals surface area contributed by atoms with Gasteiger partial charge in [0.2, 0.25) is 0 Å². The summed E-state index contributed by atoms with van der Waals surface area (Å²) in [6, 6.07) is 14.1. The Labute approximate surface area is 176 Å². The van der Waals surface area contributed by atoms with Crippen molar-refractivity contribution in [2.75, 3.05) is 4.72 Å². The van der Waals surface area contributed by atoms with Crippen LogP contribution in [0.1, 0.15) is 20.7 Å². The molecule has 0 bridgehead atoms. The van der Waals surface area contributed by atoms with E-state index < -0.39 is 21.8 Å². The zero-order valence-corrected chi connectivity index (χ0v) is 16.8. The quantitative estimate of drug-likeness (QED) is 0.312. The smallest absolute Gasteiger partial charge is 0.275 e. The maximum Gasteiger partial charge on any atom is 0.275 e. The van der Waals surface area contributed by atoms with Crippen LogP contribution in [0.25, 0.3) is 0 Å². The second-order valence-electron chi connectivity index (χ2n) is 6.00. The molecule has 0 aliphatic carbocycles. The minimum atomic E-state index is -3.96. The molecule has 2 amide bonds. The summed E-state index contributed by atoms with van der Waals surface area (Å²) >= 11 is 5.79. The first-order valence-corrected chi connectivity index (χ1v) is 10.3. The van der Waals surface area contributed by atoms with Gasteiger partial charge in [-0.05, 0) is 48.5 Å². The van der Waals surface area contributed by atoms with Crippen LogP contribution < -0.4 is 20.3 Å². The SMILES string of the molecule is O=C(NNC(=O)c1ccc[n+]([O-])c1)c1cccc(S(=O)(=O)Nc2ccc(Cl)cc2)c1. The zero-order chi connectivity index (χ0) is 21.7. The van der Waals surface area contributed by atoms with E-state index >= 15 is 0 Å². The topological polar surface area (TPSA) is 131 Å². The molecule has 9 nitrogen and oxygen atoms in total. The summed E-state index contributed by atoms with van der Waals surface area (Å²) in [5.41, 5.74) is 4.68. The van der Waals surface area contributed by atoms with E-state index in [1.165, 1.54) is 60.8 Å². The molecule has 3 N–H and O–H groups in total. The minimum absolute atomic E-state index is 0.00114. The number of amides is 2. The van der Waals surface area contributed by atoms with E-state index in [1.54, 1.807) is 0 Å². The first-order valence-electron chi connectivity index (χ1n) is 8.42. The van der Waals surface area contributed by atoms with E-state index in [2.05, 4.69) is 15.6 Å². The molecule has 0 spiro atoms. The van der Waals surface area contributed by atoms with E-state index in [4.69, 9.17) is 11.6 Å². The molecule has 30 heavy (non-hydrogen) atoms. The molecule has 0 aliphatic rings. The molecule has 3 aromatic rings. The Morgan fingerprint density at radius 2 is 1.53 bits per heavy atom. The number of rotatable bonds is 5. The molecule has 0 radical (unpaired) electrons. The van der Waals surface area contributed by atoms with Gasteiger partial charge in [-0.2, -0.15) is 4.73 Å². The lowest BCUT2D eigenvalue weighted by molar-refractivity contribution is -0.605. The van der Waals surface area contributed by atoms with Crippen LogP contribution in [-0.4, -0.2) is 20.2 Å². The fourth-order valence-electron chi connectivity index (χ4n) is 2.38. The van der Waals surface area contributed by atoms with Gasteiger partial charge in [0.1, 0.15) is 5.56 Å². The summed E-state index contributed by atoms with van der Waals surface area (Å²) in [4.78, 5) is 24.1. The van der Waals surface area contributed by atoms with Crippen molar-refractivity contribution < 1.29 is 22.7 Å². The molecule has 0 saturated heterocycles. The molecule has 11 heteroatoms. The average Bonchev–Trinajstić information content (AvgIpc) is 2.73. The number of hydrogen-bond acceptors (Lipinski definition) is 5. The van der Waals surface area contributed by atoms with Crippen molar-refractivity contribution in [1.82, 2.24) is 10.9 Å². The number of hydrogen-bond donors (Lipinski definition) is 3. The van der Waals surface area contributed by atoms with Crippen LogP contribution in [0.4, 0.5) is 5.69 Å². The Morgan fingerprint density at radius 1 is 0.900 bits per heavy atom. The van der Waals surface area contributed by atoms with Crippen molar-refractivity contribution >= 4 is 39.1 Å². The molecule has 0 saturated carbocycles. The number of nitrogens with one attached hydrogen (secondary N) is 3. The lowest BCUT2D eigenvalue weighted by Crippen LogP contribution is -2.42. The van der Waals surface area contributed by atoms with Gasteiger partial charge in [0, 0.05) is 22.3 Å². The third-order valence-electron chi connectivity index (χ3n) is 3.83. The highest BCUT2D eigenvalue weighted by atomic mass is 35.5. The number of sulfonamides is 1. The summed E-state index contributed by atoms with van der Waals surface area (Å²) in [7, 11) is -3.96. The van der Waals surface area contributed by atoms with Gasteiger partial charge in [-0.25, -0.2) is 8.42 Å². The molecule has 154 valence electrons. The summed E-state index contributed by atoms with van der Waals surface area (Å²) in [5.74, 6) is -1.44. The van der Waals surface area contributed by atoms with Crippen LogP contribution in [0.15, 0.2) is 78.0 Å². The molecule has 1 aromatic heterocycles. The number of pyridine rings is 1. The van der Waals surface area contributed by atoms with Crippen molar-refractivity contribution in [2.24, 2.45) is 0 Å². The van der Waals surface area contributed by atoms with E-state index in [-0.39, 0.29) is 16.0 Å². The second-order valence-corrected chi connectivity index (χ2v) is 8.12. The molecule has 0 aliphatic heterocycles. The average molecular weight is 447 g/mol. The van der Waals surface area contributed by atoms with Crippen LogP contribution in [0.3, 0.4) is 0 Å². The monoisotopic (exact) mass is 446 g/mol. The van der Waals surface area contributed by atoms with E-state index in [1.807, 2.05) is 0 Å². The lowest BCUT2D eigenvalue weighted by atomic mass is 10.2. The largest absolute Gasteiger partial charge is 0.619 e. The van der Waals surface area contributed by atoms with E-state index in [9.17, 15) is 23.2 Å². The van der Waals surface area contributed by atoms with Crippen LogP contribution in [0.2, 0.25) is 5.02 Å². The normalized spacial score (nSPS) is 10.8. The predicted octanol–water partition coefficient (Wildman–Crippen LogP) is 1.85. The predicted molar refractivity (Wildman–Crippen MR) is 109 cm³/mol. The van der Waals surface area contributed by atoms with Crippen LogP contribution in [0.5, 0.6) is 0 Å². The van der Waals surface area contributed by atoms with Crippen molar-refractivity contribution in [3.05, 3.63) is 94.4 Å². The molecular weight excluding hydrogens is 432 g/mol. The Hall–Kier alpha value is -3.63. The van der Waals surface area contributed by atoms with Gasteiger partial charge in [0.15, 0.2) is 12.4 Å². The third-order valence-corrected chi connectivity index (χ3v) is 5.46. The molecule has 1 heterocycles. The molecular formula is C19H15ClN4O5S. The van der Waals surface area contributed by atoms with Gasteiger partial charge in [0.25, 0.3) is 21.8 Å². The zero-order valence-electron chi connectivity index (χ0n) is 15.2. The Bertz CT molecular complexity index is 1200. The number of nitrogens with zero attached hydrogens (tertiary/aromatic N) is 1. The number of anilines is 1. The standard InChI is InChI=1S/C19H15ClN4O5S/c20-15-6-8-16(9-7-15)23-30(28,29)17-5-1-3-13(11-17)18(25)21-22-19(26)14-4-2-10-24(27)12-14/h1-12,23H,(H,21,25)(H,22,26). The molecule has 0 atom stereocenters. The second kappa shape index (κ2) is 8.80. The number of benzene rings is 2. The van der Waals surface area contributed by atoms with Gasteiger partial charge >= 0.3 is 0 Å². The van der Waals surface area contributed by atoms with E-state index in [0.29, 0.717) is 15.4 Å². The lowest BCUT2D eigenvalue weighted by Gasteiger charge is -2.10. The summed E-state index contributed by atoms with van der Waals surface area (Å²) in [6.07, 6.45) is 2.25. The summed E-state index contributed by atoms with van der Waals surface area (Å²) in [5, 5.41) is 11.7. The molecule has 0 unspecified atom stereocenters. The van der Waals surface area contributed by atoms with Crippen molar-refractivity contribution in [3.63, 3.8) is 0 Å². The highest BCUT2D eigenvalue weighted by Crippen LogP contribution is 2.19. The van der Waals surface area contributed by atoms with Gasteiger partial charge < -0.3 is 5.21 Å². The minimum Gasteiger partial charge on any atom is -0.619 e. The summed E-state index contributed by atoms with van der Waals surface area (Å²) in [6.45, 7) is 0. The first kappa shape index (κ1) is 21.1. The number of halogens is 1. The molecule has 3 rings (SSSR count). The fourth-order valence-corrected chi connectivity index (χ4v) is 3.61. The van der Waals surface area contributed by atoms with Crippen molar-refractivity contribution in [3.8, 4) is 0 Å². The third kappa shape index (κ3) is 5.25. The number of carbonyl (C=O) groups excluding carboxylic acids is 2. The number of aromatic nitrogens is 1. The number of hydrazine groups is 1. The number of carbonyl (C=O) groups is 2. The van der Waals surface area contributed by atoms with Crippen LogP contribution >= 0.6 is 11.6 Å². The Kier molecular flexibility index (Phi) is 6.19. The highest BCUT2D eigenvalue weighted by molar-refractivity contribution is 7.92. The molecule has 0 fully saturated rings. The Morgan fingerprint density at radius 3 is 2.20 bits per heavy atom. The van der Waals surface area contributed by atoms with Gasteiger partial charge in [0.05, 0.1) is 4.90 Å².